The maximum Gasteiger partial charge on any atom is 0.247 e. The number of hydrogen-bond acceptors (Lipinski definition) is 4. The highest BCUT2D eigenvalue weighted by Gasteiger charge is 2.17. The van der Waals surface area contributed by atoms with Crippen molar-refractivity contribution < 1.29 is 9.21 Å². The number of halogens is 1. The van der Waals surface area contributed by atoms with Gasteiger partial charge in [0.25, 0.3) is 0 Å². The van der Waals surface area contributed by atoms with E-state index in [0.717, 1.165) is 27.9 Å². The molecule has 0 fully saturated rings. The lowest BCUT2D eigenvalue weighted by molar-refractivity contribution is -0.116. The number of allylic oxidation sites excluding steroid dienone is 1. The highest BCUT2D eigenvalue weighted by molar-refractivity contribution is 6.30. The minimum atomic E-state index is -0.0361. The SMILES string of the molecule is C/C=C\c1cc(Cl)ccc1N(Cc1ccc(-c2nnc(CC)o2)cc1C)C(C)=O. The van der Waals surface area contributed by atoms with Crippen molar-refractivity contribution in [2.24, 2.45) is 0 Å². The van der Waals surface area contributed by atoms with Gasteiger partial charge in [0.15, 0.2) is 0 Å². The smallest absolute Gasteiger partial charge is 0.247 e. The summed E-state index contributed by atoms with van der Waals surface area (Å²) in [4.78, 5) is 14.2. The monoisotopic (exact) mass is 409 g/mol. The minimum Gasteiger partial charge on any atom is -0.421 e. The number of carbonyl (C=O) groups is 1. The van der Waals surface area contributed by atoms with E-state index in [-0.39, 0.29) is 5.91 Å². The second-order valence-electron chi connectivity index (χ2n) is 6.80. The zero-order chi connectivity index (χ0) is 21.0. The molecule has 0 unspecified atom stereocenters. The maximum absolute atomic E-state index is 12.5. The molecule has 0 aliphatic carbocycles. The third-order valence-electron chi connectivity index (χ3n) is 4.69. The molecule has 0 radical (unpaired) electrons. The Morgan fingerprint density at radius 1 is 1.21 bits per heavy atom. The molecular formula is C23H24ClN3O2. The van der Waals surface area contributed by atoms with Crippen LogP contribution in [0.4, 0.5) is 5.69 Å². The van der Waals surface area contributed by atoms with Gasteiger partial charge in [-0.1, -0.05) is 36.7 Å². The number of anilines is 1. The van der Waals surface area contributed by atoms with Gasteiger partial charge in [0.2, 0.25) is 17.7 Å². The standard InChI is InChI=1S/C23H24ClN3O2/c1-5-7-17-13-20(24)10-11-21(17)27(16(4)28)14-19-9-8-18(12-15(19)3)23-26-25-22(6-2)29-23/h5,7-13H,6,14H2,1-4H3/b7-5-. The summed E-state index contributed by atoms with van der Waals surface area (Å²) >= 11 is 6.15. The molecule has 0 N–H and O–H groups in total. The largest absolute Gasteiger partial charge is 0.421 e. The van der Waals surface area contributed by atoms with Gasteiger partial charge < -0.3 is 9.32 Å². The molecule has 2 aromatic carbocycles. The van der Waals surface area contributed by atoms with Gasteiger partial charge in [0, 0.05) is 23.9 Å². The molecule has 6 heteroatoms. The van der Waals surface area contributed by atoms with Crippen LogP contribution in [-0.2, 0) is 17.8 Å². The number of aromatic nitrogens is 2. The number of amides is 1. The van der Waals surface area contributed by atoms with Crippen LogP contribution in [0.1, 0.15) is 43.4 Å². The van der Waals surface area contributed by atoms with Gasteiger partial charge in [-0.25, -0.2) is 0 Å². The van der Waals surface area contributed by atoms with Crippen molar-refractivity contribution in [2.45, 2.75) is 40.7 Å². The highest BCUT2D eigenvalue weighted by Crippen LogP contribution is 2.29. The Balaban J connectivity index is 1.93. The van der Waals surface area contributed by atoms with Crippen LogP contribution in [0.5, 0.6) is 0 Å². The Morgan fingerprint density at radius 3 is 2.62 bits per heavy atom. The first kappa shape index (κ1) is 20.8. The molecule has 0 bridgehead atoms. The molecule has 3 aromatic rings. The molecule has 1 aromatic heterocycles. The first-order valence-corrected chi connectivity index (χ1v) is 9.93. The average Bonchev–Trinajstić information content (AvgIpc) is 3.17. The summed E-state index contributed by atoms with van der Waals surface area (Å²) in [5.74, 6) is 1.09. The fourth-order valence-electron chi connectivity index (χ4n) is 3.14. The van der Waals surface area contributed by atoms with Crippen LogP contribution in [0.3, 0.4) is 0 Å². The van der Waals surface area contributed by atoms with Gasteiger partial charge in [0.05, 0.1) is 12.2 Å². The number of carbonyl (C=O) groups excluding carboxylic acids is 1. The molecule has 1 heterocycles. The minimum absolute atomic E-state index is 0.0361. The van der Waals surface area contributed by atoms with Gasteiger partial charge in [-0.05, 0) is 60.9 Å². The molecule has 3 rings (SSSR count). The van der Waals surface area contributed by atoms with E-state index in [1.165, 1.54) is 0 Å². The fraction of sp³-hybridized carbons (Fsp3) is 0.261. The van der Waals surface area contributed by atoms with E-state index in [2.05, 4.69) is 10.2 Å². The van der Waals surface area contributed by atoms with Crippen LogP contribution in [0.2, 0.25) is 5.02 Å². The predicted octanol–water partition coefficient (Wildman–Crippen LogP) is 5.85. The second-order valence-corrected chi connectivity index (χ2v) is 7.24. The van der Waals surface area contributed by atoms with Crippen LogP contribution in [0, 0.1) is 6.92 Å². The fourth-order valence-corrected chi connectivity index (χ4v) is 3.32. The molecule has 29 heavy (non-hydrogen) atoms. The summed E-state index contributed by atoms with van der Waals surface area (Å²) in [7, 11) is 0. The molecule has 0 spiro atoms. The molecule has 5 nitrogen and oxygen atoms in total. The quantitative estimate of drug-likeness (QED) is 0.512. The van der Waals surface area contributed by atoms with E-state index in [0.29, 0.717) is 29.8 Å². The van der Waals surface area contributed by atoms with Crippen molar-refractivity contribution in [1.82, 2.24) is 10.2 Å². The lowest BCUT2D eigenvalue weighted by atomic mass is 10.0. The van der Waals surface area contributed by atoms with Crippen LogP contribution in [-0.4, -0.2) is 16.1 Å². The van der Waals surface area contributed by atoms with Gasteiger partial charge in [-0.2, -0.15) is 0 Å². The summed E-state index contributed by atoms with van der Waals surface area (Å²) in [6.45, 7) is 7.96. The van der Waals surface area contributed by atoms with Crippen LogP contribution in [0.15, 0.2) is 46.9 Å². The van der Waals surface area contributed by atoms with Crippen LogP contribution < -0.4 is 4.90 Å². The Labute approximate surface area is 176 Å². The summed E-state index contributed by atoms with van der Waals surface area (Å²) in [5, 5.41) is 8.76. The van der Waals surface area contributed by atoms with Gasteiger partial charge in [-0.3, -0.25) is 4.79 Å². The Kier molecular flexibility index (Phi) is 6.49. The Hall–Kier alpha value is -2.92. The molecule has 1 amide bonds. The summed E-state index contributed by atoms with van der Waals surface area (Å²) in [6.07, 6.45) is 4.59. The van der Waals surface area contributed by atoms with Gasteiger partial charge in [0.1, 0.15) is 0 Å². The average molecular weight is 410 g/mol. The van der Waals surface area contributed by atoms with Crippen molar-refractivity contribution in [1.29, 1.82) is 0 Å². The van der Waals surface area contributed by atoms with E-state index in [4.69, 9.17) is 16.0 Å². The first-order valence-electron chi connectivity index (χ1n) is 9.55. The summed E-state index contributed by atoms with van der Waals surface area (Å²) < 4.78 is 5.65. The second kappa shape index (κ2) is 9.05. The number of rotatable bonds is 6. The van der Waals surface area contributed by atoms with E-state index >= 15 is 0 Å². The van der Waals surface area contributed by atoms with Crippen LogP contribution in [0.25, 0.3) is 17.5 Å². The van der Waals surface area contributed by atoms with E-state index < -0.39 is 0 Å². The predicted molar refractivity (Wildman–Crippen MR) is 117 cm³/mol. The summed E-state index contributed by atoms with van der Waals surface area (Å²) in [5.41, 5.74) is 4.69. The molecule has 0 atom stereocenters. The van der Waals surface area contributed by atoms with Crippen molar-refractivity contribution in [3.05, 3.63) is 70.1 Å². The summed E-state index contributed by atoms with van der Waals surface area (Å²) in [6, 6.07) is 11.5. The van der Waals surface area contributed by atoms with Crippen molar-refractivity contribution in [3.63, 3.8) is 0 Å². The first-order chi connectivity index (χ1) is 13.9. The topological polar surface area (TPSA) is 59.2 Å². The van der Waals surface area contributed by atoms with Gasteiger partial charge >= 0.3 is 0 Å². The lowest BCUT2D eigenvalue weighted by Crippen LogP contribution is -2.28. The molecule has 150 valence electrons. The number of nitrogens with zero attached hydrogens (tertiary/aromatic N) is 3. The van der Waals surface area contributed by atoms with Crippen LogP contribution >= 0.6 is 11.6 Å². The van der Waals surface area contributed by atoms with Crippen molar-refractivity contribution in [2.75, 3.05) is 4.90 Å². The lowest BCUT2D eigenvalue weighted by Gasteiger charge is -2.24. The molecule has 0 aliphatic heterocycles. The van der Waals surface area contributed by atoms with E-state index in [9.17, 15) is 4.79 Å². The normalized spacial score (nSPS) is 11.2. The molecule has 0 saturated carbocycles. The van der Waals surface area contributed by atoms with Crippen molar-refractivity contribution >= 4 is 29.3 Å². The zero-order valence-corrected chi connectivity index (χ0v) is 17.8. The molecule has 0 aliphatic rings. The highest BCUT2D eigenvalue weighted by atomic mass is 35.5. The van der Waals surface area contributed by atoms with E-state index in [1.54, 1.807) is 17.9 Å². The third kappa shape index (κ3) is 4.74. The number of hydrogen-bond donors (Lipinski definition) is 0. The van der Waals surface area contributed by atoms with Gasteiger partial charge in [-0.15, -0.1) is 10.2 Å². The van der Waals surface area contributed by atoms with Crippen molar-refractivity contribution in [3.8, 4) is 11.5 Å². The number of benzene rings is 2. The number of aryl methyl sites for hydroxylation is 2. The Bertz CT molecular complexity index is 1060. The zero-order valence-electron chi connectivity index (χ0n) is 17.1. The maximum atomic E-state index is 12.5. The Morgan fingerprint density at radius 2 is 2.00 bits per heavy atom. The molecule has 0 saturated heterocycles. The third-order valence-corrected chi connectivity index (χ3v) is 4.93. The molecular weight excluding hydrogens is 386 g/mol. The van der Waals surface area contributed by atoms with E-state index in [1.807, 2.05) is 63.3 Å².